The zero-order valence-electron chi connectivity index (χ0n) is 9.30. The van der Waals surface area contributed by atoms with Gasteiger partial charge in [0, 0.05) is 23.1 Å². The van der Waals surface area contributed by atoms with Crippen LogP contribution in [-0.2, 0) is 6.42 Å². The summed E-state index contributed by atoms with van der Waals surface area (Å²) in [7, 11) is 0. The first-order valence-electron chi connectivity index (χ1n) is 6.08. The smallest absolute Gasteiger partial charge is 0.0450 e. The Morgan fingerprint density at radius 1 is 1.38 bits per heavy atom. The minimum atomic E-state index is 0.488. The zero-order valence-corrected chi connectivity index (χ0v) is 10.9. The fourth-order valence-electron chi connectivity index (χ4n) is 2.36. The Morgan fingerprint density at radius 3 is 3.06 bits per heavy atom. The normalized spacial score (nSPS) is 24.2. The fourth-order valence-corrected chi connectivity index (χ4v) is 2.74. The molecule has 2 N–H and O–H groups in total. The molecule has 2 aliphatic rings. The van der Waals surface area contributed by atoms with Gasteiger partial charge in [-0.05, 0) is 49.1 Å². The number of fused-ring (bicyclic) bond motifs is 1. The topological polar surface area (TPSA) is 24.1 Å². The Balaban J connectivity index is 1.77. The maximum absolute atomic E-state index is 3.61. The minimum absolute atomic E-state index is 0.488. The maximum Gasteiger partial charge on any atom is 0.0450 e. The molecule has 1 fully saturated rings. The monoisotopic (exact) mass is 280 g/mol. The molecule has 1 aromatic rings. The molecule has 2 nitrogen and oxygen atoms in total. The fraction of sp³-hybridized carbons (Fsp3) is 0.538. The molecule has 0 aromatic heterocycles. The van der Waals surface area contributed by atoms with Crippen LogP contribution in [0.4, 0.5) is 0 Å². The highest BCUT2D eigenvalue weighted by atomic mass is 79.9. The Morgan fingerprint density at radius 2 is 2.25 bits per heavy atom. The third kappa shape index (κ3) is 2.31. The molecule has 1 aromatic carbocycles. The second-order valence-electron chi connectivity index (χ2n) is 4.78. The lowest BCUT2D eigenvalue weighted by atomic mass is 9.94. The van der Waals surface area contributed by atoms with Gasteiger partial charge in [0.05, 0.1) is 0 Å². The SMILES string of the molecule is Brc1ccc2c(c1)C(CNC1CC1)NCC2. The highest BCUT2D eigenvalue weighted by Crippen LogP contribution is 2.27. The summed E-state index contributed by atoms with van der Waals surface area (Å²) in [5.41, 5.74) is 2.97. The van der Waals surface area contributed by atoms with E-state index in [0.29, 0.717) is 6.04 Å². The van der Waals surface area contributed by atoms with Crippen LogP contribution in [0.1, 0.15) is 30.0 Å². The van der Waals surface area contributed by atoms with Crippen molar-refractivity contribution >= 4 is 15.9 Å². The molecule has 0 amide bonds. The first-order valence-corrected chi connectivity index (χ1v) is 6.87. The van der Waals surface area contributed by atoms with Gasteiger partial charge in [-0.2, -0.15) is 0 Å². The summed E-state index contributed by atoms with van der Waals surface area (Å²) in [4.78, 5) is 0. The van der Waals surface area contributed by atoms with Gasteiger partial charge in [-0.25, -0.2) is 0 Å². The first-order chi connectivity index (χ1) is 7.83. The van der Waals surface area contributed by atoms with Crippen molar-refractivity contribution in [1.29, 1.82) is 0 Å². The largest absolute Gasteiger partial charge is 0.312 e. The van der Waals surface area contributed by atoms with Gasteiger partial charge in [-0.1, -0.05) is 22.0 Å². The van der Waals surface area contributed by atoms with Crippen molar-refractivity contribution in [3.8, 4) is 0 Å². The van der Waals surface area contributed by atoms with Crippen LogP contribution in [0.3, 0.4) is 0 Å². The van der Waals surface area contributed by atoms with E-state index in [4.69, 9.17) is 0 Å². The van der Waals surface area contributed by atoms with Gasteiger partial charge in [0.2, 0.25) is 0 Å². The number of rotatable bonds is 3. The lowest BCUT2D eigenvalue weighted by molar-refractivity contribution is 0.467. The molecule has 86 valence electrons. The molecule has 0 saturated heterocycles. The molecule has 1 atom stereocenters. The van der Waals surface area contributed by atoms with Crippen molar-refractivity contribution in [1.82, 2.24) is 10.6 Å². The van der Waals surface area contributed by atoms with Crippen LogP contribution in [0.2, 0.25) is 0 Å². The van der Waals surface area contributed by atoms with E-state index in [9.17, 15) is 0 Å². The third-order valence-electron chi connectivity index (χ3n) is 3.46. The molecule has 1 unspecified atom stereocenters. The predicted molar refractivity (Wildman–Crippen MR) is 69.6 cm³/mol. The van der Waals surface area contributed by atoms with Crippen molar-refractivity contribution < 1.29 is 0 Å². The number of hydrogen-bond donors (Lipinski definition) is 2. The summed E-state index contributed by atoms with van der Waals surface area (Å²) < 4.78 is 1.19. The van der Waals surface area contributed by atoms with E-state index in [1.807, 2.05) is 0 Å². The van der Waals surface area contributed by atoms with E-state index in [1.54, 1.807) is 0 Å². The van der Waals surface area contributed by atoms with Crippen LogP contribution in [-0.4, -0.2) is 19.1 Å². The molecular weight excluding hydrogens is 264 g/mol. The van der Waals surface area contributed by atoms with E-state index < -0.39 is 0 Å². The molecular formula is C13H17BrN2. The molecule has 0 bridgehead atoms. The molecule has 0 radical (unpaired) electrons. The Bertz CT molecular complexity index is 388. The number of benzene rings is 1. The Labute approximate surface area is 105 Å². The molecule has 1 saturated carbocycles. The van der Waals surface area contributed by atoms with Gasteiger partial charge in [-0.3, -0.25) is 0 Å². The van der Waals surface area contributed by atoms with Crippen molar-refractivity contribution in [2.45, 2.75) is 31.3 Å². The maximum atomic E-state index is 3.61. The number of halogens is 1. The van der Waals surface area contributed by atoms with Crippen LogP contribution in [0.15, 0.2) is 22.7 Å². The number of hydrogen-bond acceptors (Lipinski definition) is 2. The second-order valence-corrected chi connectivity index (χ2v) is 5.70. The lowest BCUT2D eigenvalue weighted by Crippen LogP contribution is -2.37. The summed E-state index contributed by atoms with van der Waals surface area (Å²) in [5.74, 6) is 0. The Hall–Kier alpha value is -0.380. The summed E-state index contributed by atoms with van der Waals surface area (Å²) in [5, 5.41) is 7.21. The summed E-state index contributed by atoms with van der Waals surface area (Å²) in [6, 6.07) is 7.95. The molecule has 0 spiro atoms. The van der Waals surface area contributed by atoms with Crippen molar-refractivity contribution in [2.24, 2.45) is 0 Å². The van der Waals surface area contributed by atoms with E-state index in [-0.39, 0.29) is 0 Å². The summed E-state index contributed by atoms with van der Waals surface area (Å²) in [6.45, 7) is 2.17. The predicted octanol–water partition coefficient (Wildman–Crippen LogP) is 2.39. The van der Waals surface area contributed by atoms with Crippen LogP contribution in [0, 0.1) is 0 Å². The Kier molecular flexibility index (Phi) is 3.01. The molecule has 1 heterocycles. The summed E-state index contributed by atoms with van der Waals surface area (Å²) >= 11 is 3.56. The van der Waals surface area contributed by atoms with Gasteiger partial charge in [0.1, 0.15) is 0 Å². The van der Waals surface area contributed by atoms with Gasteiger partial charge in [0.25, 0.3) is 0 Å². The van der Waals surface area contributed by atoms with E-state index in [1.165, 1.54) is 28.4 Å². The van der Waals surface area contributed by atoms with Gasteiger partial charge < -0.3 is 10.6 Å². The molecule has 3 rings (SSSR count). The molecule has 16 heavy (non-hydrogen) atoms. The van der Waals surface area contributed by atoms with E-state index >= 15 is 0 Å². The highest BCUT2D eigenvalue weighted by molar-refractivity contribution is 9.10. The van der Waals surface area contributed by atoms with E-state index in [2.05, 4.69) is 44.8 Å². The molecule has 1 aliphatic heterocycles. The summed E-state index contributed by atoms with van der Waals surface area (Å²) in [6.07, 6.45) is 3.87. The number of nitrogens with one attached hydrogen (secondary N) is 2. The van der Waals surface area contributed by atoms with Crippen LogP contribution in [0.5, 0.6) is 0 Å². The van der Waals surface area contributed by atoms with Gasteiger partial charge >= 0.3 is 0 Å². The lowest BCUT2D eigenvalue weighted by Gasteiger charge is -2.27. The average molecular weight is 281 g/mol. The van der Waals surface area contributed by atoms with Crippen LogP contribution in [0.25, 0.3) is 0 Å². The average Bonchev–Trinajstić information content (AvgIpc) is 3.10. The zero-order chi connectivity index (χ0) is 11.0. The van der Waals surface area contributed by atoms with E-state index in [0.717, 1.165) is 25.6 Å². The molecule has 3 heteroatoms. The standard InChI is InChI=1S/C13H17BrN2/c14-10-2-1-9-5-6-15-13(12(9)7-10)8-16-11-3-4-11/h1-2,7,11,13,15-16H,3-6,8H2. The first kappa shape index (κ1) is 10.8. The van der Waals surface area contributed by atoms with Crippen LogP contribution < -0.4 is 10.6 Å². The third-order valence-corrected chi connectivity index (χ3v) is 3.95. The van der Waals surface area contributed by atoms with Gasteiger partial charge in [0.15, 0.2) is 0 Å². The van der Waals surface area contributed by atoms with Crippen molar-refractivity contribution in [3.63, 3.8) is 0 Å². The van der Waals surface area contributed by atoms with Crippen molar-refractivity contribution in [3.05, 3.63) is 33.8 Å². The minimum Gasteiger partial charge on any atom is -0.312 e. The van der Waals surface area contributed by atoms with Crippen molar-refractivity contribution in [2.75, 3.05) is 13.1 Å². The molecule has 1 aliphatic carbocycles. The highest BCUT2D eigenvalue weighted by Gasteiger charge is 2.24. The quantitative estimate of drug-likeness (QED) is 0.889. The van der Waals surface area contributed by atoms with Gasteiger partial charge in [-0.15, -0.1) is 0 Å². The second kappa shape index (κ2) is 4.47. The van der Waals surface area contributed by atoms with Crippen LogP contribution >= 0.6 is 15.9 Å².